The largest absolute Gasteiger partial charge is 0.311 e. The van der Waals surface area contributed by atoms with Crippen LogP contribution in [0.3, 0.4) is 0 Å². The topological polar surface area (TPSA) is 75.4 Å². The highest BCUT2D eigenvalue weighted by atomic mass is 32.2. The lowest BCUT2D eigenvalue weighted by molar-refractivity contribution is 0.00705. The van der Waals surface area contributed by atoms with Crippen LogP contribution < -0.4 is 10.5 Å². The first-order valence-electron chi connectivity index (χ1n) is 11.1. The van der Waals surface area contributed by atoms with Gasteiger partial charge >= 0.3 is 0 Å². The Labute approximate surface area is 175 Å². The molecular weight excluding hydrogens is 382 g/mol. The number of hydrogen-bond acceptors (Lipinski definition) is 4. The van der Waals surface area contributed by atoms with Crippen molar-refractivity contribution in [3.63, 3.8) is 0 Å². The molecule has 5 nitrogen and oxygen atoms in total. The molecule has 2 saturated carbocycles. The predicted molar refractivity (Wildman–Crippen MR) is 119 cm³/mol. The maximum Gasteiger partial charge on any atom is 0.210 e. The van der Waals surface area contributed by atoms with Crippen molar-refractivity contribution in [3.05, 3.63) is 41.5 Å². The summed E-state index contributed by atoms with van der Waals surface area (Å²) in [6.45, 7) is 4.86. The number of nitrogens with one attached hydrogen (secondary N) is 1. The molecule has 1 aliphatic heterocycles. The summed E-state index contributed by atoms with van der Waals surface area (Å²) in [6, 6.07) is 12.0. The quantitative estimate of drug-likeness (QED) is 0.682. The van der Waals surface area contributed by atoms with Crippen LogP contribution in [0.1, 0.15) is 51.0 Å². The first-order valence-corrected chi connectivity index (χ1v) is 12.8. The van der Waals surface area contributed by atoms with Gasteiger partial charge in [0.1, 0.15) is 0 Å². The van der Waals surface area contributed by atoms with Gasteiger partial charge < -0.3 is 10.2 Å². The Balaban J connectivity index is 1.20. The maximum atomic E-state index is 11.2. The number of likely N-dealkylation sites (tertiary alicyclic amines) is 1. The summed E-state index contributed by atoms with van der Waals surface area (Å²) in [6.07, 6.45) is 9.73. The van der Waals surface area contributed by atoms with Gasteiger partial charge in [-0.1, -0.05) is 48.9 Å². The molecular formula is C23H35N3O2S. The zero-order chi connectivity index (χ0) is 20.5. The summed E-state index contributed by atoms with van der Waals surface area (Å²) in [5.74, 6) is 0.778. The molecule has 3 N–H and O–H groups in total. The molecule has 0 aromatic heterocycles. The predicted octanol–water partition coefficient (Wildman–Crippen LogP) is 2.99. The number of piperidine rings is 1. The molecule has 29 heavy (non-hydrogen) atoms. The number of rotatable bonds is 8. The van der Waals surface area contributed by atoms with Gasteiger partial charge in [0.05, 0.1) is 5.75 Å². The fraction of sp³-hybridized carbons (Fsp3) is 0.652. The van der Waals surface area contributed by atoms with Crippen molar-refractivity contribution in [2.24, 2.45) is 16.5 Å². The summed E-state index contributed by atoms with van der Waals surface area (Å²) in [7, 11) is -3.35. The molecule has 3 aliphatic rings. The second-order valence-corrected chi connectivity index (χ2v) is 11.1. The normalized spacial score (nSPS) is 27.7. The molecule has 2 atom stereocenters. The fourth-order valence-corrected chi connectivity index (χ4v) is 5.86. The Morgan fingerprint density at radius 1 is 1.24 bits per heavy atom. The monoisotopic (exact) mass is 417 g/mol. The van der Waals surface area contributed by atoms with E-state index in [0.29, 0.717) is 30.0 Å². The standard InChI is InChI=1S/C23H35N3O2S/c1-2-19(14-18-6-4-3-5-7-18)21-15-22(21)25-20-16-23(17-20)8-10-26(11-9-23)12-13-29(24,27)28/h3-7,14,20-22,25H,2,8-13,15-17H2,1H3,(H2,24,27,28)/b19-14+/t21-,22+/m0/s1. The van der Waals surface area contributed by atoms with Crippen LogP contribution in [0.4, 0.5) is 0 Å². The molecule has 4 rings (SSSR count). The second-order valence-electron chi connectivity index (χ2n) is 9.41. The van der Waals surface area contributed by atoms with Crippen molar-refractivity contribution in [2.45, 2.75) is 57.5 Å². The average Bonchev–Trinajstić information content (AvgIpc) is 3.43. The van der Waals surface area contributed by atoms with Crippen LogP contribution in [0.2, 0.25) is 0 Å². The molecule has 0 unspecified atom stereocenters. The van der Waals surface area contributed by atoms with Crippen molar-refractivity contribution in [1.29, 1.82) is 0 Å². The zero-order valence-corrected chi connectivity index (χ0v) is 18.3. The van der Waals surface area contributed by atoms with E-state index in [4.69, 9.17) is 5.14 Å². The summed E-state index contributed by atoms with van der Waals surface area (Å²) >= 11 is 0. The Morgan fingerprint density at radius 2 is 1.93 bits per heavy atom. The molecule has 1 aromatic rings. The number of sulfonamides is 1. The van der Waals surface area contributed by atoms with Crippen molar-refractivity contribution in [2.75, 3.05) is 25.4 Å². The van der Waals surface area contributed by atoms with E-state index in [1.54, 1.807) is 5.57 Å². The van der Waals surface area contributed by atoms with Gasteiger partial charge in [-0.2, -0.15) is 0 Å². The summed E-state index contributed by atoms with van der Waals surface area (Å²) < 4.78 is 22.3. The van der Waals surface area contributed by atoms with Crippen LogP contribution in [0, 0.1) is 11.3 Å². The Morgan fingerprint density at radius 3 is 2.55 bits per heavy atom. The summed E-state index contributed by atoms with van der Waals surface area (Å²) in [5, 5.41) is 9.05. The molecule has 1 aromatic carbocycles. The van der Waals surface area contributed by atoms with Crippen molar-refractivity contribution >= 4 is 16.1 Å². The van der Waals surface area contributed by atoms with E-state index in [2.05, 4.69) is 53.5 Å². The number of nitrogens with two attached hydrogens (primary N) is 1. The van der Waals surface area contributed by atoms with Crippen LogP contribution in [0.25, 0.3) is 6.08 Å². The molecule has 3 fully saturated rings. The Kier molecular flexibility index (Phi) is 6.17. The maximum absolute atomic E-state index is 11.2. The first-order chi connectivity index (χ1) is 13.9. The molecule has 0 radical (unpaired) electrons. The minimum atomic E-state index is -3.35. The molecule has 1 saturated heterocycles. The fourth-order valence-electron chi connectivity index (χ4n) is 5.35. The lowest BCUT2D eigenvalue weighted by Gasteiger charge is -2.52. The van der Waals surface area contributed by atoms with Crippen molar-refractivity contribution in [3.8, 4) is 0 Å². The SMILES string of the molecule is CC/C(=C\c1ccccc1)[C@@H]1C[C@H]1NC1CC2(CCN(CCS(N)(=O)=O)CC2)C1. The lowest BCUT2D eigenvalue weighted by Crippen LogP contribution is -2.54. The van der Waals surface area contributed by atoms with E-state index >= 15 is 0 Å². The van der Waals surface area contributed by atoms with Crippen LogP contribution in [-0.2, 0) is 10.0 Å². The van der Waals surface area contributed by atoms with E-state index in [1.807, 2.05) is 0 Å². The molecule has 160 valence electrons. The van der Waals surface area contributed by atoms with Gasteiger partial charge in [0.25, 0.3) is 0 Å². The van der Waals surface area contributed by atoms with E-state index < -0.39 is 10.0 Å². The minimum Gasteiger partial charge on any atom is -0.311 e. The number of primary sulfonamides is 1. The highest BCUT2D eigenvalue weighted by molar-refractivity contribution is 7.89. The van der Waals surface area contributed by atoms with Crippen molar-refractivity contribution < 1.29 is 8.42 Å². The Bertz CT molecular complexity index is 821. The number of hydrogen-bond donors (Lipinski definition) is 2. The molecule has 6 heteroatoms. The van der Waals surface area contributed by atoms with Crippen LogP contribution in [0.15, 0.2) is 35.9 Å². The third kappa shape index (κ3) is 5.48. The van der Waals surface area contributed by atoms with Crippen molar-refractivity contribution in [1.82, 2.24) is 10.2 Å². The van der Waals surface area contributed by atoms with Gasteiger partial charge in [-0.15, -0.1) is 0 Å². The zero-order valence-electron chi connectivity index (χ0n) is 17.5. The van der Waals surface area contributed by atoms with Crippen LogP contribution in [-0.4, -0.2) is 50.8 Å². The average molecular weight is 418 g/mol. The minimum absolute atomic E-state index is 0.0729. The van der Waals surface area contributed by atoms with Crippen LogP contribution in [0.5, 0.6) is 0 Å². The molecule has 2 aliphatic carbocycles. The Hall–Kier alpha value is -1.21. The molecule has 1 heterocycles. The van der Waals surface area contributed by atoms with Gasteiger partial charge in [0, 0.05) is 18.6 Å². The lowest BCUT2D eigenvalue weighted by atomic mass is 9.60. The van der Waals surface area contributed by atoms with E-state index in [1.165, 1.54) is 37.7 Å². The first kappa shape index (κ1) is 21.0. The highest BCUT2D eigenvalue weighted by Gasteiger charge is 2.49. The van der Waals surface area contributed by atoms with E-state index in [-0.39, 0.29) is 5.75 Å². The van der Waals surface area contributed by atoms with Gasteiger partial charge in [-0.05, 0) is 68.5 Å². The van der Waals surface area contributed by atoms with Crippen LogP contribution >= 0.6 is 0 Å². The summed E-state index contributed by atoms with van der Waals surface area (Å²) in [5.41, 5.74) is 3.38. The number of benzene rings is 1. The number of nitrogens with zero attached hydrogens (tertiary/aromatic N) is 1. The van der Waals surface area contributed by atoms with Gasteiger partial charge in [0.15, 0.2) is 0 Å². The van der Waals surface area contributed by atoms with E-state index in [0.717, 1.165) is 19.5 Å². The second kappa shape index (κ2) is 8.50. The molecule has 0 amide bonds. The van der Waals surface area contributed by atoms with E-state index in [9.17, 15) is 8.42 Å². The third-order valence-electron chi connectivity index (χ3n) is 7.24. The third-order valence-corrected chi connectivity index (χ3v) is 8.00. The van der Waals surface area contributed by atoms with Gasteiger partial charge in [0.2, 0.25) is 10.0 Å². The molecule has 1 spiro atoms. The summed E-state index contributed by atoms with van der Waals surface area (Å²) in [4.78, 5) is 2.26. The smallest absolute Gasteiger partial charge is 0.210 e. The van der Waals surface area contributed by atoms with Gasteiger partial charge in [-0.3, -0.25) is 0 Å². The molecule has 0 bridgehead atoms. The highest BCUT2D eigenvalue weighted by Crippen LogP contribution is 2.50. The van der Waals surface area contributed by atoms with Gasteiger partial charge in [-0.25, -0.2) is 13.6 Å².